The van der Waals surface area contributed by atoms with Crippen molar-refractivity contribution in [2.75, 3.05) is 16.8 Å². The van der Waals surface area contributed by atoms with Gasteiger partial charge >= 0.3 is 0 Å². The summed E-state index contributed by atoms with van der Waals surface area (Å²) >= 11 is 8.61. The van der Waals surface area contributed by atoms with E-state index in [0.717, 1.165) is 9.95 Å². The van der Waals surface area contributed by atoms with Gasteiger partial charge in [0.2, 0.25) is 5.91 Å². The number of carbonyl (C=O) groups is 2. The maximum atomic E-state index is 12.0. The number of nitrogens with one attached hydrogen (secondary N) is 1. The number of hydrogen-bond donors (Lipinski definition) is 2. The molecule has 2 aliphatic heterocycles. The van der Waals surface area contributed by atoms with Crippen molar-refractivity contribution in [1.29, 1.82) is 0 Å². The number of hydrogen-bond acceptors (Lipinski definition) is 6. The van der Waals surface area contributed by atoms with Gasteiger partial charge in [-0.3, -0.25) is 9.59 Å². The number of phenolic OH excluding ortho intramolecular Hbond substituents is 1. The maximum absolute atomic E-state index is 12.0. The number of anilines is 1. The van der Waals surface area contributed by atoms with Crippen LogP contribution in [0.5, 0.6) is 5.75 Å². The van der Waals surface area contributed by atoms with Gasteiger partial charge in [0.15, 0.2) is 0 Å². The minimum atomic E-state index is -0.340. The molecule has 0 spiro atoms. The van der Waals surface area contributed by atoms with Crippen molar-refractivity contribution in [3.63, 3.8) is 0 Å². The second kappa shape index (κ2) is 7.63. The van der Waals surface area contributed by atoms with E-state index in [1.165, 1.54) is 41.7 Å². The number of rotatable bonds is 5. The van der Waals surface area contributed by atoms with E-state index in [9.17, 15) is 14.7 Å². The van der Waals surface area contributed by atoms with Crippen LogP contribution >= 0.6 is 35.1 Å². The molecule has 2 aliphatic rings. The minimum Gasteiger partial charge on any atom is -0.506 e. The summed E-state index contributed by atoms with van der Waals surface area (Å²) in [6.07, 6.45) is 1.87. The first kappa shape index (κ1) is 18.0. The van der Waals surface area contributed by atoms with Gasteiger partial charge in [-0.2, -0.15) is 4.99 Å². The zero-order valence-electron chi connectivity index (χ0n) is 13.2. The molecule has 2 heterocycles. The van der Waals surface area contributed by atoms with Crippen LogP contribution in [0.3, 0.4) is 0 Å². The maximum Gasteiger partial charge on any atom is 0.261 e. The average molecular weight is 396 g/mol. The standard InChI is InChI=1S/C16H14ClN3O3S2/c1-8-4-10-15(23)19-13(20-16(10)25-8)6-24-7-14(22)18-11-5-9(17)2-3-12(11)21/h2-5,10,21H,6-7H2,1H3,(H,18,22). The number of benzene rings is 1. The fraction of sp³-hybridized carbons (Fsp3) is 0.250. The number of amides is 2. The molecule has 1 unspecified atom stereocenters. The zero-order chi connectivity index (χ0) is 18.0. The van der Waals surface area contributed by atoms with E-state index in [1.807, 2.05) is 13.0 Å². The average Bonchev–Trinajstić information content (AvgIpc) is 2.92. The van der Waals surface area contributed by atoms with Crippen molar-refractivity contribution < 1.29 is 14.7 Å². The predicted octanol–water partition coefficient (Wildman–Crippen LogP) is 3.32. The smallest absolute Gasteiger partial charge is 0.261 e. The van der Waals surface area contributed by atoms with Crippen LogP contribution in [0.2, 0.25) is 5.02 Å². The SMILES string of the molecule is CC1=CC2C(=O)N=C(CSCC(=O)Nc3cc(Cl)ccc3O)N=C2S1. The Morgan fingerprint density at radius 3 is 3.04 bits per heavy atom. The first-order chi connectivity index (χ1) is 11.9. The van der Waals surface area contributed by atoms with Crippen molar-refractivity contribution in [2.45, 2.75) is 6.92 Å². The number of phenols is 1. The lowest BCUT2D eigenvalue weighted by Crippen LogP contribution is -2.24. The molecule has 9 heteroatoms. The van der Waals surface area contributed by atoms with Gasteiger partial charge in [0.1, 0.15) is 17.5 Å². The molecule has 0 saturated carbocycles. The lowest BCUT2D eigenvalue weighted by molar-refractivity contribution is -0.118. The highest BCUT2D eigenvalue weighted by molar-refractivity contribution is 8.17. The van der Waals surface area contributed by atoms with E-state index in [4.69, 9.17) is 11.6 Å². The van der Waals surface area contributed by atoms with Crippen molar-refractivity contribution in [3.8, 4) is 5.75 Å². The number of thioether (sulfide) groups is 2. The van der Waals surface area contributed by atoms with Crippen LogP contribution in [0.4, 0.5) is 5.69 Å². The third-order valence-electron chi connectivity index (χ3n) is 3.37. The van der Waals surface area contributed by atoms with E-state index >= 15 is 0 Å². The number of nitrogens with zero attached hydrogens (tertiary/aromatic N) is 2. The number of allylic oxidation sites excluding steroid dienone is 1. The molecule has 1 aromatic rings. The molecule has 0 bridgehead atoms. The number of amidine groups is 1. The summed E-state index contributed by atoms with van der Waals surface area (Å²) in [6.45, 7) is 1.93. The van der Waals surface area contributed by atoms with Crippen LogP contribution in [0.25, 0.3) is 0 Å². The number of aliphatic imine (C=N–C) groups is 2. The summed E-state index contributed by atoms with van der Waals surface area (Å²) in [5.74, 6) is 0.0301. The monoisotopic (exact) mass is 395 g/mol. The fourth-order valence-corrected chi connectivity index (χ4v) is 4.11. The second-order valence-corrected chi connectivity index (χ2v) is 8.06. The van der Waals surface area contributed by atoms with Gasteiger partial charge in [-0.15, -0.1) is 11.8 Å². The van der Waals surface area contributed by atoms with E-state index in [1.54, 1.807) is 0 Å². The molecule has 2 amide bonds. The Morgan fingerprint density at radius 2 is 2.24 bits per heavy atom. The summed E-state index contributed by atoms with van der Waals surface area (Å²) < 4.78 is 0. The second-order valence-electron chi connectivity index (χ2n) is 5.38. The number of carbonyl (C=O) groups excluding carboxylic acids is 2. The highest BCUT2D eigenvalue weighted by Crippen LogP contribution is 2.34. The summed E-state index contributed by atoms with van der Waals surface area (Å²) in [4.78, 5) is 33.4. The topological polar surface area (TPSA) is 91.1 Å². The lowest BCUT2D eigenvalue weighted by Gasteiger charge is -2.12. The molecular formula is C16H14ClN3O3S2. The molecule has 0 saturated heterocycles. The Balaban J connectivity index is 1.52. The van der Waals surface area contributed by atoms with E-state index in [0.29, 0.717) is 16.6 Å². The highest BCUT2D eigenvalue weighted by atomic mass is 35.5. The van der Waals surface area contributed by atoms with E-state index < -0.39 is 0 Å². The molecule has 0 radical (unpaired) electrons. The molecule has 6 nitrogen and oxygen atoms in total. The first-order valence-corrected chi connectivity index (χ1v) is 9.69. The van der Waals surface area contributed by atoms with Crippen LogP contribution < -0.4 is 5.32 Å². The summed E-state index contributed by atoms with van der Waals surface area (Å²) in [7, 11) is 0. The van der Waals surface area contributed by atoms with Crippen LogP contribution in [0.1, 0.15) is 6.92 Å². The summed E-state index contributed by atoms with van der Waals surface area (Å²) in [6, 6.07) is 4.42. The highest BCUT2D eigenvalue weighted by Gasteiger charge is 2.32. The van der Waals surface area contributed by atoms with Crippen molar-refractivity contribution in [1.82, 2.24) is 0 Å². The van der Waals surface area contributed by atoms with Crippen LogP contribution in [0.15, 0.2) is 39.2 Å². The Hall–Kier alpha value is -1.77. The molecule has 0 aliphatic carbocycles. The van der Waals surface area contributed by atoms with Crippen molar-refractivity contribution in [3.05, 3.63) is 34.2 Å². The Morgan fingerprint density at radius 1 is 1.44 bits per heavy atom. The van der Waals surface area contributed by atoms with Crippen LogP contribution in [0, 0.1) is 5.92 Å². The van der Waals surface area contributed by atoms with Crippen molar-refractivity contribution in [2.24, 2.45) is 15.9 Å². The van der Waals surface area contributed by atoms with Gasteiger partial charge in [0, 0.05) is 5.02 Å². The van der Waals surface area contributed by atoms with Gasteiger partial charge in [-0.05, 0) is 30.0 Å². The van der Waals surface area contributed by atoms with Gasteiger partial charge in [0.25, 0.3) is 5.91 Å². The molecule has 130 valence electrons. The Labute approximate surface area is 157 Å². The molecule has 0 aromatic heterocycles. The first-order valence-electron chi connectivity index (χ1n) is 7.35. The molecule has 1 aromatic carbocycles. The molecular weight excluding hydrogens is 382 g/mol. The normalized spacial score (nSPS) is 19.0. The van der Waals surface area contributed by atoms with E-state index in [-0.39, 0.29) is 34.9 Å². The van der Waals surface area contributed by atoms with Gasteiger partial charge in [-0.25, -0.2) is 4.99 Å². The van der Waals surface area contributed by atoms with Gasteiger partial charge in [0.05, 0.1) is 22.2 Å². The molecule has 3 rings (SSSR count). The third kappa shape index (κ3) is 4.45. The summed E-state index contributed by atoms with van der Waals surface area (Å²) in [5.41, 5.74) is 0.260. The third-order valence-corrected chi connectivity index (χ3v) is 5.55. The largest absolute Gasteiger partial charge is 0.506 e. The van der Waals surface area contributed by atoms with Gasteiger partial charge < -0.3 is 10.4 Å². The molecule has 1 atom stereocenters. The van der Waals surface area contributed by atoms with Crippen molar-refractivity contribution >= 4 is 63.5 Å². The zero-order valence-corrected chi connectivity index (χ0v) is 15.5. The Bertz CT molecular complexity index is 836. The van der Waals surface area contributed by atoms with E-state index in [2.05, 4.69) is 15.3 Å². The lowest BCUT2D eigenvalue weighted by atomic mass is 10.1. The van der Waals surface area contributed by atoms with Crippen LogP contribution in [-0.4, -0.2) is 39.3 Å². The molecule has 0 fully saturated rings. The number of aromatic hydroxyl groups is 1. The fourth-order valence-electron chi connectivity index (χ4n) is 2.28. The molecule has 25 heavy (non-hydrogen) atoms. The molecule has 2 N–H and O–H groups in total. The quantitative estimate of drug-likeness (QED) is 0.746. The minimum absolute atomic E-state index is 0.0522. The van der Waals surface area contributed by atoms with Crippen LogP contribution in [-0.2, 0) is 9.59 Å². The van der Waals surface area contributed by atoms with Gasteiger partial charge in [-0.1, -0.05) is 29.4 Å². The number of fused-ring (bicyclic) bond motifs is 1. The Kier molecular flexibility index (Phi) is 5.51. The summed E-state index contributed by atoms with van der Waals surface area (Å²) in [5, 5.41) is 13.4. The number of halogens is 1. The predicted molar refractivity (Wildman–Crippen MR) is 104 cm³/mol.